The van der Waals surface area contributed by atoms with Crippen molar-refractivity contribution in [3.05, 3.63) is 47.3 Å². The van der Waals surface area contributed by atoms with Crippen molar-refractivity contribution >= 4 is 5.91 Å². The first-order valence-corrected chi connectivity index (χ1v) is 8.21. The molecule has 0 saturated heterocycles. The van der Waals surface area contributed by atoms with Crippen LogP contribution in [0.2, 0.25) is 0 Å². The molecule has 1 N–H and O–H groups in total. The summed E-state index contributed by atoms with van der Waals surface area (Å²) in [6, 6.07) is 7.14. The highest BCUT2D eigenvalue weighted by Crippen LogP contribution is 2.29. The molecule has 6 heteroatoms. The topological polar surface area (TPSA) is 65.4 Å². The molecule has 1 aromatic heterocycles. The fourth-order valence-electron chi connectivity index (χ4n) is 3.04. The second-order valence-electron chi connectivity index (χ2n) is 5.95. The summed E-state index contributed by atoms with van der Waals surface area (Å²) in [7, 11) is 3.28. The van der Waals surface area contributed by atoms with E-state index in [1.807, 2.05) is 16.8 Å². The second-order valence-corrected chi connectivity index (χ2v) is 5.95. The molecular formula is C18H23N3O3. The molecule has 3 rings (SSSR count). The van der Waals surface area contributed by atoms with Crippen molar-refractivity contribution in [2.75, 3.05) is 20.8 Å². The van der Waals surface area contributed by atoms with Crippen LogP contribution in [0.3, 0.4) is 0 Å². The zero-order valence-electron chi connectivity index (χ0n) is 14.1. The summed E-state index contributed by atoms with van der Waals surface area (Å²) in [5.74, 6) is 0.578. The van der Waals surface area contributed by atoms with E-state index < -0.39 is 0 Å². The number of hydrogen-bond donors (Lipinski definition) is 1. The number of methoxy groups -OCH3 is 2. The largest absolute Gasteiger partial charge is 0.497 e. The van der Waals surface area contributed by atoms with Crippen molar-refractivity contribution < 1.29 is 14.3 Å². The first-order valence-electron chi connectivity index (χ1n) is 8.21. The molecule has 24 heavy (non-hydrogen) atoms. The molecule has 1 heterocycles. The van der Waals surface area contributed by atoms with Crippen LogP contribution in [-0.4, -0.2) is 36.5 Å². The van der Waals surface area contributed by atoms with Crippen LogP contribution in [0.4, 0.5) is 0 Å². The predicted octanol–water partition coefficient (Wildman–Crippen LogP) is 2.35. The summed E-state index contributed by atoms with van der Waals surface area (Å²) in [5, 5.41) is 7.76. The Morgan fingerprint density at radius 1 is 1.42 bits per heavy atom. The van der Waals surface area contributed by atoms with Crippen molar-refractivity contribution in [3.8, 4) is 5.75 Å². The number of fused-ring (bicyclic) bond motifs is 1. The van der Waals surface area contributed by atoms with Gasteiger partial charge in [0, 0.05) is 18.9 Å². The van der Waals surface area contributed by atoms with Gasteiger partial charge in [0.1, 0.15) is 5.75 Å². The van der Waals surface area contributed by atoms with Crippen molar-refractivity contribution in [1.82, 2.24) is 15.1 Å². The average Bonchev–Trinajstić information content (AvgIpc) is 3.04. The SMILES string of the molecule is COCCn1cc2c(n1)[C@@H](NC(=O)c1cccc(OC)c1)CCC2. The third-order valence-electron chi connectivity index (χ3n) is 4.30. The standard InChI is InChI=1S/C18H23N3O3/c1-23-10-9-21-12-14-6-4-8-16(17(14)20-21)19-18(22)13-5-3-7-15(11-13)24-2/h3,5,7,11-12,16H,4,6,8-10H2,1-2H3,(H,19,22)/t16-/m0/s1. The number of hydrogen-bond acceptors (Lipinski definition) is 4. The lowest BCUT2D eigenvalue weighted by Crippen LogP contribution is -2.31. The average molecular weight is 329 g/mol. The van der Waals surface area contributed by atoms with Gasteiger partial charge >= 0.3 is 0 Å². The van der Waals surface area contributed by atoms with Gasteiger partial charge in [-0.1, -0.05) is 6.07 Å². The number of nitrogens with one attached hydrogen (secondary N) is 1. The Bertz CT molecular complexity index is 711. The van der Waals surface area contributed by atoms with E-state index in [0.717, 1.165) is 31.5 Å². The minimum absolute atomic E-state index is 0.0451. The molecule has 0 bridgehead atoms. The second kappa shape index (κ2) is 7.49. The van der Waals surface area contributed by atoms with E-state index in [1.54, 1.807) is 26.4 Å². The van der Waals surface area contributed by atoms with Gasteiger partial charge in [0.15, 0.2) is 0 Å². The van der Waals surface area contributed by atoms with Gasteiger partial charge in [0.25, 0.3) is 5.91 Å². The molecule has 0 fully saturated rings. The lowest BCUT2D eigenvalue weighted by atomic mass is 9.93. The molecule has 128 valence electrons. The Kier molecular flexibility index (Phi) is 5.15. The van der Waals surface area contributed by atoms with Gasteiger partial charge in [-0.15, -0.1) is 0 Å². The maximum atomic E-state index is 12.5. The van der Waals surface area contributed by atoms with Crippen molar-refractivity contribution in [3.63, 3.8) is 0 Å². The van der Waals surface area contributed by atoms with Gasteiger partial charge in [-0.25, -0.2) is 0 Å². The van der Waals surface area contributed by atoms with Gasteiger partial charge in [-0.2, -0.15) is 5.10 Å². The van der Waals surface area contributed by atoms with Crippen molar-refractivity contribution in [1.29, 1.82) is 0 Å². The van der Waals surface area contributed by atoms with Gasteiger partial charge < -0.3 is 14.8 Å². The van der Waals surface area contributed by atoms with Crippen LogP contribution in [0.25, 0.3) is 0 Å². The fraction of sp³-hybridized carbons (Fsp3) is 0.444. The summed E-state index contributed by atoms with van der Waals surface area (Å²) in [6.45, 7) is 1.35. The van der Waals surface area contributed by atoms with Gasteiger partial charge in [-0.05, 0) is 43.0 Å². The van der Waals surface area contributed by atoms with E-state index in [-0.39, 0.29) is 11.9 Å². The lowest BCUT2D eigenvalue weighted by molar-refractivity contribution is 0.0931. The quantitative estimate of drug-likeness (QED) is 0.883. The number of carbonyl (C=O) groups excluding carboxylic acids is 1. The van der Waals surface area contributed by atoms with E-state index in [1.165, 1.54) is 5.56 Å². The number of aromatic nitrogens is 2. The maximum Gasteiger partial charge on any atom is 0.251 e. The minimum Gasteiger partial charge on any atom is -0.497 e. The molecular weight excluding hydrogens is 306 g/mol. The van der Waals surface area contributed by atoms with Crippen LogP contribution in [0, 0.1) is 0 Å². The summed E-state index contributed by atoms with van der Waals surface area (Å²) >= 11 is 0. The van der Waals surface area contributed by atoms with E-state index in [9.17, 15) is 4.79 Å². The van der Waals surface area contributed by atoms with Gasteiger partial charge in [0.2, 0.25) is 0 Å². The minimum atomic E-state index is -0.0989. The first kappa shape index (κ1) is 16.5. The predicted molar refractivity (Wildman–Crippen MR) is 90.2 cm³/mol. The number of carbonyl (C=O) groups is 1. The third-order valence-corrected chi connectivity index (χ3v) is 4.30. The normalized spacial score (nSPS) is 16.5. The van der Waals surface area contributed by atoms with E-state index in [0.29, 0.717) is 17.9 Å². The smallest absolute Gasteiger partial charge is 0.251 e. The molecule has 1 aliphatic carbocycles. The molecule has 0 unspecified atom stereocenters. The van der Waals surface area contributed by atoms with Crippen molar-refractivity contribution in [2.24, 2.45) is 0 Å². The zero-order valence-corrected chi connectivity index (χ0v) is 14.1. The van der Waals surface area contributed by atoms with Crippen LogP contribution in [-0.2, 0) is 17.7 Å². The Hall–Kier alpha value is -2.34. The number of benzene rings is 1. The van der Waals surface area contributed by atoms with Crippen LogP contribution < -0.4 is 10.1 Å². The summed E-state index contributed by atoms with van der Waals surface area (Å²) in [5.41, 5.74) is 2.79. The molecule has 0 radical (unpaired) electrons. The number of aryl methyl sites for hydroxylation is 1. The Balaban J connectivity index is 1.74. The number of rotatable bonds is 6. The third kappa shape index (κ3) is 3.59. The van der Waals surface area contributed by atoms with Crippen LogP contribution in [0.5, 0.6) is 5.75 Å². The molecule has 0 saturated carbocycles. The monoisotopic (exact) mass is 329 g/mol. The lowest BCUT2D eigenvalue weighted by Gasteiger charge is -2.22. The molecule has 0 aliphatic heterocycles. The molecule has 1 amide bonds. The molecule has 6 nitrogen and oxygen atoms in total. The molecule has 2 aromatic rings. The molecule has 1 aromatic carbocycles. The van der Waals surface area contributed by atoms with E-state index >= 15 is 0 Å². The molecule has 1 atom stereocenters. The molecule has 1 aliphatic rings. The van der Waals surface area contributed by atoms with E-state index in [4.69, 9.17) is 9.47 Å². The highest BCUT2D eigenvalue weighted by atomic mass is 16.5. The fourth-order valence-corrected chi connectivity index (χ4v) is 3.04. The first-order chi connectivity index (χ1) is 11.7. The van der Waals surface area contributed by atoms with Crippen molar-refractivity contribution in [2.45, 2.75) is 31.8 Å². The Labute approximate surface area is 141 Å². The zero-order chi connectivity index (χ0) is 16.9. The highest BCUT2D eigenvalue weighted by molar-refractivity contribution is 5.94. The number of amides is 1. The van der Waals surface area contributed by atoms with E-state index in [2.05, 4.69) is 16.6 Å². The van der Waals surface area contributed by atoms with Crippen LogP contribution in [0.1, 0.15) is 40.5 Å². The number of ether oxygens (including phenoxy) is 2. The Morgan fingerprint density at radius 3 is 3.08 bits per heavy atom. The highest BCUT2D eigenvalue weighted by Gasteiger charge is 2.25. The molecule has 0 spiro atoms. The Morgan fingerprint density at radius 2 is 2.29 bits per heavy atom. The number of nitrogens with zero attached hydrogens (tertiary/aromatic N) is 2. The summed E-state index contributed by atoms with van der Waals surface area (Å²) < 4.78 is 12.2. The van der Waals surface area contributed by atoms with Gasteiger partial charge in [0.05, 0.1) is 32.0 Å². The van der Waals surface area contributed by atoms with Crippen LogP contribution >= 0.6 is 0 Å². The maximum absolute atomic E-state index is 12.5. The van der Waals surface area contributed by atoms with Gasteiger partial charge in [-0.3, -0.25) is 9.48 Å². The summed E-state index contributed by atoms with van der Waals surface area (Å²) in [6.07, 6.45) is 5.03. The van der Waals surface area contributed by atoms with Crippen LogP contribution in [0.15, 0.2) is 30.5 Å². The summed E-state index contributed by atoms with van der Waals surface area (Å²) in [4.78, 5) is 12.5.